The van der Waals surface area contributed by atoms with Crippen LogP contribution in [0.4, 0.5) is 0 Å². The van der Waals surface area contributed by atoms with Crippen LogP contribution >= 0.6 is 7.37 Å². The Morgan fingerprint density at radius 2 is 1.86 bits per heavy atom. The first-order valence-corrected chi connectivity index (χ1v) is 8.44. The summed E-state index contributed by atoms with van der Waals surface area (Å²) in [4.78, 5) is 23.0. The van der Waals surface area contributed by atoms with E-state index in [0.29, 0.717) is 16.4 Å². The third kappa shape index (κ3) is 4.82. The standard InChI is InChI=1S/C13H21N2O5P/c1-14(9-12(16)15(2)17)13(21(4,18)19)10-5-7-11(20-3)8-6-10/h5-8,13,17H,9H2,1-4H3,(H,18,19). The SMILES string of the molecule is COc1ccc(C(N(C)CC(=O)N(C)O)P(C)(=O)O)cc1. The molecule has 7 nitrogen and oxygen atoms in total. The van der Waals surface area contributed by atoms with Gasteiger partial charge in [-0.15, -0.1) is 0 Å². The van der Waals surface area contributed by atoms with Gasteiger partial charge < -0.3 is 9.63 Å². The van der Waals surface area contributed by atoms with Gasteiger partial charge in [0.1, 0.15) is 11.5 Å². The number of rotatable bonds is 6. The van der Waals surface area contributed by atoms with Crippen molar-refractivity contribution in [3.05, 3.63) is 29.8 Å². The van der Waals surface area contributed by atoms with Crippen LogP contribution in [0.1, 0.15) is 11.3 Å². The second kappa shape index (κ2) is 7.04. The molecule has 0 aliphatic heterocycles. The highest BCUT2D eigenvalue weighted by Gasteiger charge is 2.32. The molecule has 1 amide bonds. The molecule has 0 bridgehead atoms. The zero-order valence-corrected chi connectivity index (χ0v) is 13.4. The third-order valence-electron chi connectivity index (χ3n) is 3.03. The highest BCUT2D eigenvalue weighted by molar-refractivity contribution is 7.57. The normalized spacial score (nSPS) is 15.4. The van der Waals surface area contributed by atoms with Crippen LogP contribution in [0.5, 0.6) is 5.75 Å². The van der Waals surface area contributed by atoms with Gasteiger partial charge in [-0.1, -0.05) is 12.1 Å². The zero-order chi connectivity index (χ0) is 16.2. The Labute approximate surface area is 124 Å². The van der Waals surface area contributed by atoms with Crippen LogP contribution in [0.3, 0.4) is 0 Å². The molecule has 0 spiro atoms. The van der Waals surface area contributed by atoms with Crippen LogP contribution in [0.25, 0.3) is 0 Å². The van der Waals surface area contributed by atoms with Gasteiger partial charge in [-0.2, -0.15) is 0 Å². The second-order valence-corrected chi connectivity index (χ2v) is 7.30. The van der Waals surface area contributed by atoms with E-state index in [4.69, 9.17) is 9.94 Å². The van der Waals surface area contributed by atoms with E-state index in [1.807, 2.05) is 0 Å². The highest BCUT2D eigenvalue weighted by atomic mass is 31.2. The third-order valence-corrected chi connectivity index (χ3v) is 4.63. The Balaban J connectivity index is 3.05. The smallest absolute Gasteiger partial charge is 0.259 e. The van der Waals surface area contributed by atoms with Crippen LogP contribution in [0, 0.1) is 0 Å². The summed E-state index contributed by atoms with van der Waals surface area (Å²) < 4.78 is 17.2. The molecule has 0 radical (unpaired) electrons. The number of amides is 1. The minimum absolute atomic E-state index is 0.178. The summed E-state index contributed by atoms with van der Waals surface area (Å²) in [7, 11) is 0.771. The van der Waals surface area contributed by atoms with Crippen molar-refractivity contribution in [2.45, 2.75) is 5.78 Å². The lowest BCUT2D eigenvalue weighted by Crippen LogP contribution is -2.36. The fraction of sp³-hybridized carbons (Fsp3) is 0.462. The summed E-state index contributed by atoms with van der Waals surface area (Å²) in [6.07, 6.45) is 0. The summed E-state index contributed by atoms with van der Waals surface area (Å²) in [5, 5.41) is 9.56. The van der Waals surface area contributed by atoms with Crippen molar-refractivity contribution >= 4 is 13.3 Å². The molecule has 21 heavy (non-hydrogen) atoms. The molecule has 0 aliphatic carbocycles. The van der Waals surface area contributed by atoms with Crippen LogP contribution in [0.2, 0.25) is 0 Å². The van der Waals surface area contributed by atoms with Gasteiger partial charge in [-0.05, 0) is 24.7 Å². The molecule has 0 saturated heterocycles. The van der Waals surface area contributed by atoms with E-state index in [1.165, 1.54) is 25.7 Å². The van der Waals surface area contributed by atoms with Crippen LogP contribution < -0.4 is 4.74 Å². The molecule has 2 atom stereocenters. The predicted molar refractivity (Wildman–Crippen MR) is 78.7 cm³/mol. The Kier molecular flexibility index (Phi) is 5.92. The van der Waals surface area contributed by atoms with Crippen molar-refractivity contribution in [1.29, 1.82) is 0 Å². The van der Waals surface area contributed by atoms with Crippen molar-refractivity contribution in [1.82, 2.24) is 9.96 Å². The lowest BCUT2D eigenvalue weighted by molar-refractivity contribution is -0.160. The van der Waals surface area contributed by atoms with Gasteiger partial charge in [0.05, 0.1) is 13.7 Å². The average molecular weight is 316 g/mol. The van der Waals surface area contributed by atoms with Gasteiger partial charge in [0.2, 0.25) is 7.37 Å². The molecule has 1 aromatic carbocycles. The Morgan fingerprint density at radius 1 is 1.33 bits per heavy atom. The van der Waals surface area contributed by atoms with Crippen molar-refractivity contribution in [2.24, 2.45) is 0 Å². The van der Waals surface area contributed by atoms with E-state index in [-0.39, 0.29) is 6.54 Å². The van der Waals surface area contributed by atoms with Gasteiger partial charge in [0, 0.05) is 13.7 Å². The Morgan fingerprint density at radius 3 is 2.24 bits per heavy atom. The van der Waals surface area contributed by atoms with Crippen LogP contribution in [-0.2, 0) is 9.36 Å². The lowest BCUT2D eigenvalue weighted by Gasteiger charge is -2.30. The van der Waals surface area contributed by atoms with Gasteiger partial charge in [0.25, 0.3) is 5.91 Å². The number of nitrogens with zero attached hydrogens (tertiary/aromatic N) is 2. The molecule has 0 saturated carbocycles. The van der Waals surface area contributed by atoms with E-state index in [0.717, 1.165) is 0 Å². The molecule has 0 heterocycles. The summed E-state index contributed by atoms with van der Waals surface area (Å²) >= 11 is 0. The maximum Gasteiger partial charge on any atom is 0.259 e. The van der Waals surface area contributed by atoms with Gasteiger partial charge >= 0.3 is 0 Å². The monoisotopic (exact) mass is 316 g/mol. The van der Waals surface area contributed by atoms with Crippen molar-refractivity contribution in [3.63, 3.8) is 0 Å². The maximum absolute atomic E-state index is 12.2. The fourth-order valence-corrected chi connectivity index (χ4v) is 3.61. The summed E-state index contributed by atoms with van der Waals surface area (Å²) in [6.45, 7) is 1.06. The van der Waals surface area contributed by atoms with Gasteiger partial charge in [-0.3, -0.25) is 19.5 Å². The van der Waals surface area contributed by atoms with E-state index in [1.54, 1.807) is 31.3 Å². The molecule has 1 aromatic rings. The maximum atomic E-state index is 12.2. The van der Waals surface area contributed by atoms with E-state index < -0.39 is 19.1 Å². The molecular weight excluding hydrogens is 295 g/mol. The number of hydrogen-bond donors (Lipinski definition) is 2. The molecule has 2 unspecified atom stereocenters. The Hall–Kier alpha value is -1.40. The topological polar surface area (TPSA) is 90.3 Å². The molecule has 0 fully saturated rings. The van der Waals surface area contributed by atoms with E-state index in [9.17, 15) is 14.3 Å². The number of carbonyl (C=O) groups is 1. The molecule has 1 rings (SSSR count). The second-order valence-electron chi connectivity index (χ2n) is 4.92. The largest absolute Gasteiger partial charge is 0.497 e. The Bertz CT molecular complexity index is 526. The van der Waals surface area contributed by atoms with Crippen molar-refractivity contribution < 1.29 is 24.2 Å². The van der Waals surface area contributed by atoms with E-state index >= 15 is 0 Å². The van der Waals surface area contributed by atoms with Crippen LogP contribution in [-0.4, -0.2) is 60.4 Å². The zero-order valence-electron chi connectivity index (χ0n) is 12.6. The van der Waals surface area contributed by atoms with Gasteiger partial charge in [0.15, 0.2) is 0 Å². The first-order chi connectivity index (χ1) is 9.66. The first-order valence-electron chi connectivity index (χ1n) is 6.26. The van der Waals surface area contributed by atoms with E-state index in [2.05, 4.69) is 0 Å². The van der Waals surface area contributed by atoms with Crippen molar-refractivity contribution in [2.75, 3.05) is 34.4 Å². The minimum atomic E-state index is -3.53. The fourth-order valence-electron chi connectivity index (χ4n) is 2.08. The molecule has 0 aliphatic rings. The van der Waals surface area contributed by atoms with Gasteiger partial charge in [-0.25, -0.2) is 5.06 Å². The average Bonchev–Trinajstić information content (AvgIpc) is 2.37. The van der Waals surface area contributed by atoms with Crippen molar-refractivity contribution in [3.8, 4) is 5.75 Å². The summed E-state index contributed by atoms with van der Waals surface area (Å²) in [5.41, 5.74) is 0.597. The number of hydroxylamine groups is 2. The first kappa shape index (κ1) is 17.7. The molecule has 118 valence electrons. The number of ether oxygens (including phenoxy) is 1. The summed E-state index contributed by atoms with van der Waals surface area (Å²) in [5.74, 6) is -0.771. The molecular formula is C13H21N2O5P. The summed E-state index contributed by atoms with van der Waals surface area (Å²) in [6, 6.07) is 6.73. The quantitative estimate of drug-likeness (QED) is 0.468. The molecule has 8 heteroatoms. The number of likely N-dealkylation sites (N-methyl/N-ethyl adjacent to an activating group) is 2. The lowest BCUT2D eigenvalue weighted by atomic mass is 10.2. The number of carbonyl (C=O) groups excluding carboxylic acids is 1. The number of methoxy groups -OCH3 is 1. The molecule has 0 aromatic heterocycles. The minimum Gasteiger partial charge on any atom is -0.497 e. The highest BCUT2D eigenvalue weighted by Crippen LogP contribution is 2.53. The number of hydrogen-bond acceptors (Lipinski definition) is 5. The molecule has 2 N–H and O–H groups in total. The van der Waals surface area contributed by atoms with Crippen LogP contribution in [0.15, 0.2) is 24.3 Å². The predicted octanol–water partition coefficient (Wildman–Crippen LogP) is 1.37. The number of benzene rings is 1.